The van der Waals surface area contributed by atoms with Gasteiger partial charge in [0.2, 0.25) is 0 Å². The molecule has 0 atom stereocenters. The Labute approximate surface area is 110 Å². The van der Waals surface area contributed by atoms with Crippen LogP contribution >= 0.6 is 0 Å². The van der Waals surface area contributed by atoms with Crippen molar-refractivity contribution in [2.45, 2.75) is 19.0 Å². The number of carbonyl (C=O) groups excluding carboxylic acids is 1. The number of rotatable bonds is 4. The first-order chi connectivity index (χ1) is 9.20. The lowest BCUT2D eigenvalue weighted by atomic mass is 10.1. The number of pyridine rings is 1. The number of ether oxygens (including phenoxy) is 2. The van der Waals surface area contributed by atoms with E-state index in [1.165, 1.54) is 0 Å². The van der Waals surface area contributed by atoms with Crippen LogP contribution in [0.25, 0.3) is 0 Å². The van der Waals surface area contributed by atoms with Gasteiger partial charge in [-0.1, -0.05) is 0 Å². The van der Waals surface area contributed by atoms with Crippen molar-refractivity contribution < 1.29 is 36.2 Å². The Morgan fingerprint density at radius 1 is 1.35 bits per heavy atom. The largest absolute Gasteiger partial charge is 0.495 e. The fourth-order valence-electron chi connectivity index (χ4n) is 1.45. The molecule has 0 aliphatic rings. The van der Waals surface area contributed by atoms with Crippen LogP contribution < -0.4 is 4.74 Å². The molecular formula is C11H10F5NO3. The fourth-order valence-corrected chi connectivity index (χ4v) is 1.45. The number of nitrogens with zero attached hydrogens (tertiary/aromatic N) is 1. The van der Waals surface area contributed by atoms with Crippen LogP contribution in [-0.4, -0.2) is 25.2 Å². The Morgan fingerprint density at radius 3 is 2.35 bits per heavy atom. The van der Waals surface area contributed by atoms with Crippen molar-refractivity contribution in [2.75, 3.05) is 14.2 Å². The van der Waals surface area contributed by atoms with Crippen LogP contribution in [-0.2, 0) is 22.1 Å². The number of carbonyl (C=O) groups is 1. The summed E-state index contributed by atoms with van der Waals surface area (Å²) >= 11 is 0. The zero-order valence-electron chi connectivity index (χ0n) is 10.4. The summed E-state index contributed by atoms with van der Waals surface area (Å²) in [7, 11) is 2.10. The Kier molecular flexibility index (Phi) is 4.85. The van der Waals surface area contributed by atoms with Crippen molar-refractivity contribution in [1.82, 2.24) is 4.98 Å². The van der Waals surface area contributed by atoms with E-state index in [-0.39, 0.29) is 5.75 Å². The van der Waals surface area contributed by atoms with Crippen LogP contribution in [0, 0.1) is 0 Å². The quantitative estimate of drug-likeness (QED) is 0.633. The highest BCUT2D eigenvalue weighted by Gasteiger charge is 2.39. The molecule has 1 heterocycles. The molecule has 1 aromatic rings. The molecule has 0 aliphatic carbocycles. The maximum absolute atomic E-state index is 12.7. The topological polar surface area (TPSA) is 48.4 Å². The molecular weight excluding hydrogens is 289 g/mol. The number of alkyl halides is 5. The van der Waals surface area contributed by atoms with Gasteiger partial charge in [0.05, 0.1) is 31.9 Å². The summed E-state index contributed by atoms with van der Waals surface area (Å²) in [5, 5.41) is 0. The van der Waals surface area contributed by atoms with E-state index in [2.05, 4.69) is 14.5 Å². The Bertz CT molecular complexity index is 502. The molecule has 0 bridgehead atoms. The third kappa shape index (κ3) is 3.55. The van der Waals surface area contributed by atoms with E-state index in [1.807, 2.05) is 0 Å². The molecule has 1 rings (SSSR count). The van der Waals surface area contributed by atoms with Gasteiger partial charge >= 0.3 is 12.1 Å². The molecule has 1 aromatic heterocycles. The number of hydrogen-bond donors (Lipinski definition) is 0. The summed E-state index contributed by atoms with van der Waals surface area (Å²) in [6, 6.07) is 0.527. The third-order valence-corrected chi connectivity index (χ3v) is 2.35. The average molecular weight is 299 g/mol. The van der Waals surface area contributed by atoms with Gasteiger partial charge in [-0.05, 0) is 6.07 Å². The Hall–Kier alpha value is -1.93. The molecule has 0 amide bonds. The summed E-state index contributed by atoms with van der Waals surface area (Å²) in [5.41, 5.74) is -3.47. The van der Waals surface area contributed by atoms with E-state index >= 15 is 0 Å². The van der Waals surface area contributed by atoms with E-state index in [4.69, 9.17) is 0 Å². The maximum Gasteiger partial charge on any atom is 0.433 e. The first-order valence-electron chi connectivity index (χ1n) is 5.20. The van der Waals surface area contributed by atoms with E-state index in [9.17, 15) is 26.7 Å². The van der Waals surface area contributed by atoms with Crippen molar-refractivity contribution in [1.29, 1.82) is 0 Å². The minimum Gasteiger partial charge on any atom is -0.495 e. The predicted molar refractivity (Wildman–Crippen MR) is 56.5 cm³/mol. The number of halogens is 5. The maximum atomic E-state index is 12.7. The number of esters is 1. The predicted octanol–water partition coefficient (Wildman–Crippen LogP) is 2.76. The van der Waals surface area contributed by atoms with Gasteiger partial charge in [0.15, 0.2) is 5.69 Å². The zero-order valence-corrected chi connectivity index (χ0v) is 10.4. The van der Waals surface area contributed by atoms with Gasteiger partial charge in [-0.2, -0.15) is 13.2 Å². The summed E-state index contributed by atoms with van der Waals surface area (Å²) in [6.07, 6.45) is -9.06. The van der Waals surface area contributed by atoms with Gasteiger partial charge in [0.1, 0.15) is 5.75 Å². The molecule has 0 spiro atoms. The molecule has 0 aliphatic heterocycles. The summed E-state index contributed by atoms with van der Waals surface area (Å²) in [5.74, 6) is -1.20. The lowest BCUT2D eigenvalue weighted by molar-refractivity contribution is -0.144. The second-order valence-corrected chi connectivity index (χ2v) is 3.63. The second-order valence-electron chi connectivity index (χ2n) is 3.63. The van der Waals surface area contributed by atoms with Crippen LogP contribution in [0.1, 0.15) is 23.4 Å². The minimum absolute atomic E-state index is 0.335. The van der Waals surface area contributed by atoms with Gasteiger partial charge in [-0.3, -0.25) is 4.79 Å². The second kappa shape index (κ2) is 6.02. The van der Waals surface area contributed by atoms with Crippen molar-refractivity contribution in [2.24, 2.45) is 0 Å². The van der Waals surface area contributed by atoms with Crippen LogP contribution in [0.2, 0.25) is 0 Å². The number of hydrogen-bond acceptors (Lipinski definition) is 4. The standard InChI is InChI=1S/C11H10F5NO3/c1-19-7-3-5(10(12)13)9(11(14,15)16)17-6(7)4-8(18)20-2/h3,10H,4H2,1-2H3. The third-order valence-electron chi connectivity index (χ3n) is 2.35. The zero-order chi connectivity index (χ0) is 15.5. The van der Waals surface area contributed by atoms with E-state index < -0.39 is 41.9 Å². The van der Waals surface area contributed by atoms with Crippen LogP contribution in [0.15, 0.2) is 6.07 Å². The van der Waals surface area contributed by atoms with Crippen molar-refractivity contribution >= 4 is 5.97 Å². The van der Waals surface area contributed by atoms with Crippen molar-refractivity contribution in [3.8, 4) is 5.75 Å². The molecule has 0 N–H and O–H groups in total. The molecule has 4 nitrogen and oxygen atoms in total. The van der Waals surface area contributed by atoms with Crippen molar-refractivity contribution in [3.63, 3.8) is 0 Å². The number of aromatic nitrogens is 1. The normalized spacial score (nSPS) is 11.6. The molecule has 0 saturated heterocycles. The first-order valence-corrected chi connectivity index (χ1v) is 5.20. The van der Waals surface area contributed by atoms with Gasteiger partial charge in [0.25, 0.3) is 6.43 Å². The SMILES string of the molecule is COC(=O)Cc1nc(C(F)(F)F)c(C(F)F)cc1OC. The molecule has 0 saturated carbocycles. The smallest absolute Gasteiger partial charge is 0.433 e. The van der Waals surface area contributed by atoms with Crippen LogP contribution in [0.3, 0.4) is 0 Å². The summed E-state index contributed by atoms with van der Waals surface area (Å²) < 4.78 is 72.3. The number of methoxy groups -OCH3 is 2. The fraction of sp³-hybridized carbons (Fsp3) is 0.455. The molecule has 112 valence electrons. The van der Waals surface area contributed by atoms with Gasteiger partial charge < -0.3 is 9.47 Å². The molecule has 0 fully saturated rings. The minimum atomic E-state index is -5.07. The van der Waals surface area contributed by atoms with E-state index in [1.54, 1.807) is 0 Å². The molecule has 20 heavy (non-hydrogen) atoms. The average Bonchev–Trinajstić information content (AvgIpc) is 2.36. The Balaban J connectivity index is 3.42. The highest BCUT2D eigenvalue weighted by atomic mass is 19.4. The first kappa shape index (κ1) is 16.1. The molecule has 0 unspecified atom stereocenters. The lowest BCUT2D eigenvalue weighted by Crippen LogP contribution is -2.16. The Morgan fingerprint density at radius 2 is 1.95 bits per heavy atom. The molecule has 0 radical (unpaired) electrons. The molecule has 0 aromatic carbocycles. The van der Waals surface area contributed by atoms with Gasteiger partial charge in [-0.25, -0.2) is 13.8 Å². The van der Waals surface area contributed by atoms with E-state index in [0.29, 0.717) is 6.07 Å². The van der Waals surface area contributed by atoms with Gasteiger partial charge in [-0.15, -0.1) is 0 Å². The van der Waals surface area contributed by atoms with Crippen LogP contribution in [0.4, 0.5) is 22.0 Å². The lowest BCUT2D eigenvalue weighted by Gasteiger charge is -2.15. The highest BCUT2D eigenvalue weighted by molar-refractivity contribution is 5.72. The van der Waals surface area contributed by atoms with Crippen LogP contribution in [0.5, 0.6) is 5.75 Å². The highest BCUT2D eigenvalue weighted by Crippen LogP contribution is 2.37. The van der Waals surface area contributed by atoms with Gasteiger partial charge in [0, 0.05) is 0 Å². The van der Waals surface area contributed by atoms with E-state index in [0.717, 1.165) is 14.2 Å². The van der Waals surface area contributed by atoms with Crippen molar-refractivity contribution in [3.05, 3.63) is 23.0 Å². The summed E-state index contributed by atoms with van der Waals surface area (Å²) in [4.78, 5) is 14.2. The monoisotopic (exact) mass is 299 g/mol. The molecule has 9 heteroatoms. The summed E-state index contributed by atoms with van der Waals surface area (Å²) in [6.45, 7) is 0.